The zero-order chi connectivity index (χ0) is 22.5. The van der Waals surface area contributed by atoms with Gasteiger partial charge in [-0.05, 0) is 43.4 Å². The molecule has 2 N–H and O–H groups in total. The van der Waals surface area contributed by atoms with Crippen LogP contribution >= 0.6 is 0 Å². The second kappa shape index (κ2) is 13.9. The number of rotatable bonds is 14. The van der Waals surface area contributed by atoms with Gasteiger partial charge in [-0.25, -0.2) is 9.59 Å². The number of benzene rings is 1. The number of carboxylic acids is 1. The molecule has 174 valence electrons. The Balaban J connectivity index is 1.84. The average Bonchev–Trinajstić information content (AvgIpc) is 3.27. The Hall–Kier alpha value is -2.32. The van der Waals surface area contributed by atoms with Gasteiger partial charge >= 0.3 is 12.0 Å². The Bertz CT molecular complexity index is 661. The lowest BCUT2D eigenvalue weighted by Gasteiger charge is -2.26. The zero-order valence-corrected chi connectivity index (χ0v) is 18.7. The third kappa shape index (κ3) is 9.14. The Morgan fingerprint density at radius 1 is 1.19 bits per heavy atom. The van der Waals surface area contributed by atoms with E-state index in [9.17, 15) is 14.7 Å². The summed E-state index contributed by atoms with van der Waals surface area (Å²) in [5.74, 6) is 0.279. The van der Waals surface area contributed by atoms with Crippen molar-refractivity contribution < 1.29 is 28.9 Å². The summed E-state index contributed by atoms with van der Waals surface area (Å²) in [6.45, 7) is 4.74. The summed E-state index contributed by atoms with van der Waals surface area (Å²) in [6, 6.07) is 7.25. The minimum absolute atomic E-state index is 0.0847. The van der Waals surface area contributed by atoms with Gasteiger partial charge < -0.3 is 29.5 Å². The number of amides is 2. The Kier molecular flexibility index (Phi) is 11.2. The molecule has 2 rings (SSSR count). The van der Waals surface area contributed by atoms with E-state index in [1.165, 1.54) is 25.7 Å². The molecule has 0 aliphatic heterocycles. The summed E-state index contributed by atoms with van der Waals surface area (Å²) in [7, 11) is 1.61. The smallest absolute Gasteiger partial charge is 0.333 e. The highest BCUT2D eigenvalue weighted by molar-refractivity contribution is 5.74. The standard InChI is InChI=1S/C23H36N2O6/c1-3-30-21(22(26)27)16-18-8-10-20(11-9-18)31-15-13-25(17-19-6-4-5-7-19)23(28)24-12-14-29-2/h8-11,19,21H,3-7,12-17H2,1-2H3,(H,24,28)(H,26,27). The second-order valence-electron chi connectivity index (χ2n) is 7.80. The van der Waals surface area contributed by atoms with Crippen molar-refractivity contribution >= 4 is 12.0 Å². The molecule has 8 nitrogen and oxygen atoms in total. The number of hydrogen-bond acceptors (Lipinski definition) is 5. The summed E-state index contributed by atoms with van der Waals surface area (Å²) in [6.07, 6.45) is 4.27. The highest BCUT2D eigenvalue weighted by atomic mass is 16.5. The maximum atomic E-state index is 12.5. The van der Waals surface area contributed by atoms with E-state index in [4.69, 9.17) is 14.2 Å². The third-order valence-electron chi connectivity index (χ3n) is 5.44. The number of ether oxygens (including phenoxy) is 3. The van der Waals surface area contributed by atoms with E-state index >= 15 is 0 Å². The molecule has 0 aromatic heterocycles. The first-order chi connectivity index (χ1) is 15.0. The first-order valence-electron chi connectivity index (χ1n) is 11.1. The number of nitrogens with zero attached hydrogens (tertiary/aromatic N) is 1. The molecule has 1 unspecified atom stereocenters. The van der Waals surface area contributed by atoms with Gasteiger partial charge in [-0.2, -0.15) is 0 Å². The van der Waals surface area contributed by atoms with Crippen LogP contribution in [0.15, 0.2) is 24.3 Å². The number of methoxy groups -OCH3 is 1. The number of urea groups is 1. The molecule has 1 aliphatic rings. The Labute approximate surface area is 184 Å². The van der Waals surface area contributed by atoms with Gasteiger partial charge in [0.25, 0.3) is 0 Å². The highest BCUT2D eigenvalue weighted by Crippen LogP contribution is 2.25. The van der Waals surface area contributed by atoms with Crippen molar-refractivity contribution in [2.45, 2.75) is 45.1 Å². The van der Waals surface area contributed by atoms with Crippen LogP contribution in [0, 0.1) is 5.92 Å². The predicted molar refractivity (Wildman–Crippen MR) is 117 cm³/mol. The quantitative estimate of drug-likeness (QED) is 0.435. The molecule has 0 bridgehead atoms. The normalized spacial score (nSPS) is 14.9. The monoisotopic (exact) mass is 436 g/mol. The van der Waals surface area contributed by atoms with Crippen LogP contribution in [0.4, 0.5) is 4.79 Å². The van der Waals surface area contributed by atoms with Crippen molar-refractivity contribution in [2.75, 3.05) is 46.6 Å². The van der Waals surface area contributed by atoms with Crippen molar-refractivity contribution in [3.63, 3.8) is 0 Å². The number of aliphatic carboxylic acids is 1. The number of carbonyl (C=O) groups excluding carboxylic acids is 1. The lowest BCUT2D eigenvalue weighted by Crippen LogP contribution is -2.45. The first kappa shape index (κ1) is 24.9. The molecule has 0 heterocycles. The molecule has 1 aliphatic carbocycles. The minimum atomic E-state index is -0.965. The number of carboxylic acid groups (broad SMARTS) is 1. The van der Waals surface area contributed by atoms with Crippen molar-refractivity contribution in [3.8, 4) is 5.75 Å². The van der Waals surface area contributed by atoms with Crippen molar-refractivity contribution in [1.82, 2.24) is 10.2 Å². The van der Waals surface area contributed by atoms with Gasteiger partial charge in [0.15, 0.2) is 6.10 Å². The number of nitrogens with one attached hydrogen (secondary N) is 1. The van der Waals surface area contributed by atoms with Crippen molar-refractivity contribution in [1.29, 1.82) is 0 Å². The van der Waals surface area contributed by atoms with Crippen LogP contribution in [-0.2, 0) is 20.7 Å². The van der Waals surface area contributed by atoms with Crippen LogP contribution in [0.1, 0.15) is 38.2 Å². The molecule has 0 saturated heterocycles. The van der Waals surface area contributed by atoms with Crippen molar-refractivity contribution in [2.24, 2.45) is 5.92 Å². The summed E-state index contributed by atoms with van der Waals surface area (Å²) in [4.78, 5) is 25.6. The summed E-state index contributed by atoms with van der Waals surface area (Å²) < 4.78 is 16.1. The van der Waals surface area contributed by atoms with E-state index in [-0.39, 0.29) is 6.03 Å². The minimum Gasteiger partial charge on any atom is -0.492 e. The Morgan fingerprint density at radius 2 is 1.90 bits per heavy atom. The molecule has 1 atom stereocenters. The van der Waals surface area contributed by atoms with Gasteiger partial charge in [0.05, 0.1) is 13.2 Å². The second-order valence-corrected chi connectivity index (χ2v) is 7.80. The van der Waals surface area contributed by atoms with Gasteiger partial charge in [0.1, 0.15) is 12.4 Å². The molecule has 31 heavy (non-hydrogen) atoms. The molecule has 0 radical (unpaired) electrons. The van der Waals surface area contributed by atoms with Crippen LogP contribution in [0.25, 0.3) is 0 Å². The van der Waals surface area contributed by atoms with E-state index in [2.05, 4.69) is 5.32 Å². The molecule has 8 heteroatoms. The van der Waals surface area contributed by atoms with E-state index in [1.807, 2.05) is 29.2 Å². The number of carbonyl (C=O) groups is 2. The molecule has 1 saturated carbocycles. The summed E-state index contributed by atoms with van der Waals surface area (Å²) in [5, 5.41) is 12.1. The molecule has 2 amide bonds. The van der Waals surface area contributed by atoms with Crippen LogP contribution in [0.5, 0.6) is 5.75 Å². The zero-order valence-electron chi connectivity index (χ0n) is 18.7. The lowest BCUT2D eigenvalue weighted by molar-refractivity contribution is -0.149. The fraction of sp³-hybridized carbons (Fsp3) is 0.652. The van der Waals surface area contributed by atoms with Crippen LogP contribution in [-0.4, -0.2) is 74.7 Å². The van der Waals surface area contributed by atoms with Gasteiger partial charge in [0, 0.05) is 33.2 Å². The molecular weight excluding hydrogens is 400 g/mol. The highest BCUT2D eigenvalue weighted by Gasteiger charge is 2.22. The molecule has 1 aromatic rings. The largest absolute Gasteiger partial charge is 0.492 e. The van der Waals surface area contributed by atoms with Crippen LogP contribution in [0.3, 0.4) is 0 Å². The number of hydrogen-bond donors (Lipinski definition) is 2. The average molecular weight is 437 g/mol. The fourth-order valence-corrected chi connectivity index (χ4v) is 3.78. The maximum Gasteiger partial charge on any atom is 0.333 e. The first-order valence-corrected chi connectivity index (χ1v) is 11.1. The van der Waals surface area contributed by atoms with Gasteiger partial charge in [-0.1, -0.05) is 25.0 Å². The Morgan fingerprint density at radius 3 is 2.52 bits per heavy atom. The van der Waals surface area contributed by atoms with E-state index in [0.29, 0.717) is 51.0 Å². The van der Waals surface area contributed by atoms with Gasteiger partial charge in [0.2, 0.25) is 0 Å². The maximum absolute atomic E-state index is 12.5. The van der Waals surface area contributed by atoms with Gasteiger partial charge in [-0.15, -0.1) is 0 Å². The van der Waals surface area contributed by atoms with Crippen LogP contribution in [0.2, 0.25) is 0 Å². The summed E-state index contributed by atoms with van der Waals surface area (Å²) in [5.41, 5.74) is 0.869. The lowest BCUT2D eigenvalue weighted by atomic mass is 10.1. The molecule has 1 aromatic carbocycles. The molecule has 0 spiro atoms. The summed E-state index contributed by atoms with van der Waals surface area (Å²) >= 11 is 0. The SMILES string of the molecule is CCOC(Cc1ccc(OCCN(CC2CCCC2)C(=O)NCCOC)cc1)C(=O)O. The van der Waals surface area contributed by atoms with E-state index < -0.39 is 12.1 Å². The molecular formula is C23H36N2O6. The van der Waals surface area contributed by atoms with Crippen molar-refractivity contribution in [3.05, 3.63) is 29.8 Å². The third-order valence-corrected chi connectivity index (χ3v) is 5.44. The van der Waals surface area contributed by atoms with Crippen LogP contribution < -0.4 is 10.1 Å². The van der Waals surface area contributed by atoms with E-state index in [1.54, 1.807) is 14.0 Å². The topological polar surface area (TPSA) is 97.3 Å². The van der Waals surface area contributed by atoms with Gasteiger partial charge in [-0.3, -0.25) is 0 Å². The van der Waals surface area contributed by atoms with E-state index in [0.717, 1.165) is 12.1 Å². The fourth-order valence-electron chi connectivity index (χ4n) is 3.78. The molecule has 1 fully saturated rings. The predicted octanol–water partition coefficient (Wildman–Crippen LogP) is 2.95.